The summed E-state index contributed by atoms with van der Waals surface area (Å²) in [6.45, 7) is 4.32. The molecule has 2 aromatic carbocycles. The van der Waals surface area contributed by atoms with E-state index < -0.39 is 0 Å². The Morgan fingerprint density at radius 1 is 0.733 bits per heavy atom. The molecule has 1 aliphatic rings. The van der Waals surface area contributed by atoms with Crippen LogP contribution in [0.2, 0.25) is 0 Å². The Morgan fingerprint density at radius 3 is 1.50 bits per heavy atom. The minimum Gasteiger partial charge on any atom is -0.507 e. The van der Waals surface area contributed by atoms with Crippen LogP contribution in [0.1, 0.15) is 74.6 Å². The molecule has 4 nitrogen and oxygen atoms in total. The van der Waals surface area contributed by atoms with Crippen molar-refractivity contribution < 1.29 is 10.2 Å². The van der Waals surface area contributed by atoms with E-state index in [2.05, 4.69) is 13.8 Å². The molecule has 0 unspecified atom stereocenters. The highest BCUT2D eigenvalue weighted by molar-refractivity contribution is 5.84. The van der Waals surface area contributed by atoms with Crippen LogP contribution in [0.25, 0.3) is 0 Å². The number of phenolic OH excluding ortho intramolecular Hbond substituents is 2. The first-order valence-corrected chi connectivity index (χ1v) is 11.3. The maximum absolute atomic E-state index is 10.1. The van der Waals surface area contributed by atoms with E-state index in [9.17, 15) is 10.2 Å². The first kappa shape index (κ1) is 22.1. The molecule has 1 aliphatic carbocycles. The summed E-state index contributed by atoms with van der Waals surface area (Å²) in [5.41, 5.74) is 4.09. The lowest BCUT2D eigenvalue weighted by molar-refractivity contribution is 0.399. The standard InChI is InChI=1S/C26H34N2O2/c1-3-5-19-7-13-25(29)21(15-19)17-27-23-9-11-24(12-10-23)28-18-22-16-20(6-4-2)8-14-26(22)30/h7-8,13-18,23-24,29-30H,3-6,9-12H2,1-2H3. The van der Waals surface area contributed by atoms with E-state index in [1.165, 1.54) is 11.1 Å². The average molecular weight is 407 g/mol. The zero-order chi connectivity index (χ0) is 21.3. The molecule has 30 heavy (non-hydrogen) atoms. The zero-order valence-corrected chi connectivity index (χ0v) is 18.2. The molecule has 0 aromatic heterocycles. The molecule has 0 heterocycles. The molecule has 0 bridgehead atoms. The van der Waals surface area contributed by atoms with Crippen LogP contribution in [-0.4, -0.2) is 34.7 Å². The number of hydrogen-bond donors (Lipinski definition) is 2. The van der Waals surface area contributed by atoms with Crippen LogP contribution in [0.3, 0.4) is 0 Å². The van der Waals surface area contributed by atoms with E-state index in [-0.39, 0.29) is 12.1 Å². The van der Waals surface area contributed by atoms with Crippen LogP contribution in [0.4, 0.5) is 0 Å². The van der Waals surface area contributed by atoms with Gasteiger partial charge in [-0.2, -0.15) is 0 Å². The second-order valence-electron chi connectivity index (χ2n) is 8.31. The van der Waals surface area contributed by atoms with Crippen molar-refractivity contribution in [3.05, 3.63) is 58.7 Å². The number of rotatable bonds is 8. The van der Waals surface area contributed by atoms with Crippen LogP contribution in [0.15, 0.2) is 46.4 Å². The van der Waals surface area contributed by atoms with E-state index in [0.29, 0.717) is 11.5 Å². The summed E-state index contributed by atoms with van der Waals surface area (Å²) >= 11 is 0. The summed E-state index contributed by atoms with van der Waals surface area (Å²) in [6.07, 6.45) is 11.9. The fraction of sp³-hybridized carbons (Fsp3) is 0.462. The van der Waals surface area contributed by atoms with E-state index in [1.807, 2.05) is 36.7 Å². The van der Waals surface area contributed by atoms with Gasteiger partial charge in [0.2, 0.25) is 0 Å². The molecule has 0 spiro atoms. The number of aryl methyl sites for hydroxylation is 2. The predicted molar refractivity (Wildman–Crippen MR) is 125 cm³/mol. The minimum atomic E-state index is 0.284. The second-order valence-corrected chi connectivity index (χ2v) is 8.31. The maximum Gasteiger partial charge on any atom is 0.124 e. The number of phenols is 2. The molecule has 2 N–H and O–H groups in total. The Kier molecular flexibility index (Phi) is 8.06. The first-order chi connectivity index (χ1) is 14.6. The predicted octanol–water partition coefficient (Wildman–Crippen LogP) is 5.85. The molecular formula is C26H34N2O2. The number of nitrogens with zero attached hydrogens (tertiary/aromatic N) is 2. The van der Waals surface area contributed by atoms with Gasteiger partial charge in [0.05, 0.1) is 12.1 Å². The van der Waals surface area contributed by atoms with Crippen molar-refractivity contribution in [1.29, 1.82) is 0 Å². The fourth-order valence-electron chi connectivity index (χ4n) is 4.03. The van der Waals surface area contributed by atoms with Crippen molar-refractivity contribution in [3.63, 3.8) is 0 Å². The second kappa shape index (κ2) is 11.0. The van der Waals surface area contributed by atoms with Crippen LogP contribution in [-0.2, 0) is 12.8 Å². The highest BCUT2D eigenvalue weighted by atomic mass is 16.3. The van der Waals surface area contributed by atoms with Gasteiger partial charge in [-0.3, -0.25) is 9.98 Å². The van der Waals surface area contributed by atoms with Gasteiger partial charge in [0.15, 0.2) is 0 Å². The SMILES string of the molecule is CCCc1ccc(O)c(C=NC2CCC(N=Cc3cc(CCC)ccc3O)CC2)c1. The zero-order valence-electron chi connectivity index (χ0n) is 18.2. The number of hydrogen-bond acceptors (Lipinski definition) is 4. The van der Waals surface area contributed by atoms with Crippen LogP contribution < -0.4 is 0 Å². The highest BCUT2D eigenvalue weighted by Gasteiger charge is 2.19. The molecule has 1 fully saturated rings. The third-order valence-corrected chi connectivity index (χ3v) is 5.78. The van der Waals surface area contributed by atoms with Crippen molar-refractivity contribution in [3.8, 4) is 11.5 Å². The summed E-state index contributed by atoms with van der Waals surface area (Å²) in [4.78, 5) is 9.48. The average Bonchev–Trinajstić information content (AvgIpc) is 2.75. The lowest BCUT2D eigenvalue weighted by atomic mass is 9.92. The van der Waals surface area contributed by atoms with E-state index >= 15 is 0 Å². The van der Waals surface area contributed by atoms with Gasteiger partial charge in [-0.15, -0.1) is 0 Å². The minimum absolute atomic E-state index is 0.284. The quantitative estimate of drug-likeness (QED) is 0.540. The Balaban J connectivity index is 1.55. The van der Waals surface area contributed by atoms with Gasteiger partial charge < -0.3 is 10.2 Å². The van der Waals surface area contributed by atoms with Crippen molar-refractivity contribution in [2.45, 2.75) is 77.3 Å². The van der Waals surface area contributed by atoms with Crippen LogP contribution >= 0.6 is 0 Å². The first-order valence-electron chi connectivity index (χ1n) is 11.3. The number of benzene rings is 2. The summed E-state index contributed by atoms with van der Waals surface area (Å²) < 4.78 is 0. The van der Waals surface area contributed by atoms with Gasteiger partial charge in [0.1, 0.15) is 11.5 Å². The molecule has 4 heteroatoms. The number of aromatic hydroxyl groups is 2. The van der Waals surface area contributed by atoms with Gasteiger partial charge in [-0.05, 0) is 73.9 Å². The van der Waals surface area contributed by atoms with Gasteiger partial charge >= 0.3 is 0 Å². The van der Waals surface area contributed by atoms with Gasteiger partial charge in [-0.25, -0.2) is 0 Å². The molecule has 3 rings (SSSR count). The normalized spacial score (nSPS) is 19.7. The summed E-state index contributed by atoms with van der Waals surface area (Å²) in [7, 11) is 0. The number of aliphatic imine (C=N–C) groups is 2. The van der Waals surface area contributed by atoms with Crippen LogP contribution in [0, 0.1) is 0 Å². The third-order valence-electron chi connectivity index (χ3n) is 5.78. The van der Waals surface area contributed by atoms with Gasteiger partial charge in [-0.1, -0.05) is 38.8 Å². The molecule has 160 valence electrons. The lowest BCUT2D eigenvalue weighted by Crippen LogP contribution is -2.20. The highest BCUT2D eigenvalue weighted by Crippen LogP contribution is 2.25. The van der Waals surface area contributed by atoms with E-state index in [1.54, 1.807) is 12.1 Å². The molecule has 0 radical (unpaired) electrons. The third kappa shape index (κ3) is 6.19. The Bertz CT molecular complexity index is 807. The van der Waals surface area contributed by atoms with E-state index in [4.69, 9.17) is 9.98 Å². The summed E-state index contributed by atoms with van der Waals surface area (Å²) in [6, 6.07) is 12.1. The molecule has 0 amide bonds. The van der Waals surface area contributed by atoms with Gasteiger partial charge in [0.25, 0.3) is 0 Å². The largest absolute Gasteiger partial charge is 0.507 e. The molecule has 0 aliphatic heterocycles. The Morgan fingerprint density at radius 2 is 1.13 bits per heavy atom. The molecule has 0 atom stereocenters. The van der Waals surface area contributed by atoms with Crippen molar-refractivity contribution >= 4 is 12.4 Å². The van der Waals surface area contributed by atoms with Crippen molar-refractivity contribution in [2.75, 3.05) is 0 Å². The molecule has 0 saturated heterocycles. The Labute approximate surface area is 180 Å². The fourth-order valence-corrected chi connectivity index (χ4v) is 4.03. The van der Waals surface area contributed by atoms with Crippen LogP contribution in [0.5, 0.6) is 11.5 Å². The summed E-state index contributed by atoms with van der Waals surface area (Å²) in [5.74, 6) is 0.587. The van der Waals surface area contributed by atoms with E-state index in [0.717, 1.165) is 62.5 Å². The summed E-state index contributed by atoms with van der Waals surface area (Å²) in [5, 5.41) is 20.2. The van der Waals surface area contributed by atoms with Gasteiger partial charge in [0, 0.05) is 23.6 Å². The Hall–Kier alpha value is -2.62. The lowest BCUT2D eigenvalue weighted by Gasteiger charge is -2.23. The molecule has 1 saturated carbocycles. The monoisotopic (exact) mass is 406 g/mol. The molecule has 2 aromatic rings. The maximum atomic E-state index is 10.1. The molecular weight excluding hydrogens is 372 g/mol. The smallest absolute Gasteiger partial charge is 0.124 e. The topological polar surface area (TPSA) is 65.2 Å². The van der Waals surface area contributed by atoms with Crippen molar-refractivity contribution in [1.82, 2.24) is 0 Å². The van der Waals surface area contributed by atoms with Crippen molar-refractivity contribution in [2.24, 2.45) is 9.98 Å².